The molecule has 0 saturated carbocycles. The highest BCUT2D eigenvalue weighted by Gasteiger charge is 2.59. The fourth-order valence-corrected chi connectivity index (χ4v) is 2.00. The highest BCUT2D eigenvalue weighted by molar-refractivity contribution is 5.71. The molecule has 0 radical (unpaired) electrons. The van der Waals surface area contributed by atoms with Gasteiger partial charge in [0.15, 0.2) is 5.60 Å². The Labute approximate surface area is 131 Å². The van der Waals surface area contributed by atoms with Crippen molar-refractivity contribution in [3.63, 3.8) is 0 Å². The van der Waals surface area contributed by atoms with Crippen LogP contribution in [0.5, 0.6) is 0 Å². The molecule has 0 aromatic rings. The minimum atomic E-state index is -5.50. The molecule has 0 saturated heterocycles. The highest BCUT2D eigenvalue weighted by atomic mass is 19.4. The van der Waals surface area contributed by atoms with Gasteiger partial charge in [-0.3, -0.25) is 4.79 Å². The SMILES string of the molecule is CC(C)CC(CC(O)(CC(F)(F)F)C(F)(F)F)OC(=O)C(C)C. The smallest absolute Gasteiger partial charge is 0.417 e. The fourth-order valence-electron chi connectivity index (χ4n) is 2.00. The van der Waals surface area contributed by atoms with Gasteiger partial charge >= 0.3 is 18.3 Å². The van der Waals surface area contributed by atoms with Gasteiger partial charge in [0.25, 0.3) is 0 Å². The number of ether oxygens (including phenoxy) is 1. The molecule has 0 aromatic heterocycles. The lowest BCUT2D eigenvalue weighted by atomic mass is 9.88. The largest absolute Gasteiger partial charge is 0.462 e. The van der Waals surface area contributed by atoms with Crippen LogP contribution in [0.1, 0.15) is 47.0 Å². The van der Waals surface area contributed by atoms with Crippen LogP contribution in [-0.2, 0) is 9.53 Å². The molecule has 0 aliphatic rings. The second-order valence-corrected chi connectivity index (χ2v) is 6.37. The van der Waals surface area contributed by atoms with E-state index in [1.54, 1.807) is 13.8 Å². The van der Waals surface area contributed by atoms with Crippen LogP contribution in [0.4, 0.5) is 26.3 Å². The maximum absolute atomic E-state index is 12.9. The van der Waals surface area contributed by atoms with Gasteiger partial charge in [0.2, 0.25) is 0 Å². The van der Waals surface area contributed by atoms with Crippen molar-refractivity contribution in [3.05, 3.63) is 0 Å². The molecule has 0 amide bonds. The third kappa shape index (κ3) is 7.90. The molecule has 9 heteroatoms. The monoisotopic (exact) mass is 352 g/mol. The zero-order chi connectivity index (χ0) is 18.6. The quantitative estimate of drug-likeness (QED) is 0.551. The fraction of sp³-hybridized carbons (Fsp3) is 0.929. The zero-order valence-corrected chi connectivity index (χ0v) is 13.4. The molecule has 0 aliphatic carbocycles. The standard InChI is InChI=1S/C14H22F6O3/c1-8(2)5-10(23-11(21)9(3)4)6-12(22,14(18,19)20)7-13(15,16)17/h8-10,22H,5-7H2,1-4H3. The molecule has 0 rings (SSSR count). The molecule has 138 valence electrons. The van der Waals surface area contributed by atoms with Crippen LogP contribution in [-0.4, -0.2) is 35.1 Å². The number of alkyl halides is 6. The van der Waals surface area contributed by atoms with E-state index in [1.165, 1.54) is 13.8 Å². The van der Waals surface area contributed by atoms with Crippen LogP contribution in [0.15, 0.2) is 0 Å². The second kappa shape index (κ2) is 7.72. The number of esters is 1. The number of aliphatic hydroxyl groups is 1. The molecule has 0 aromatic carbocycles. The van der Waals surface area contributed by atoms with Crippen LogP contribution in [0.25, 0.3) is 0 Å². The molecular weight excluding hydrogens is 330 g/mol. The zero-order valence-electron chi connectivity index (χ0n) is 13.4. The van der Waals surface area contributed by atoms with E-state index in [1.807, 2.05) is 0 Å². The minimum Gasteiger partial charge on any atom is -0.462 e. The Bertz CT molecular complexity index is 389. The van der Waals surface area contributed by atoms with Crippen molar-refractivity contribution in [2.24, 2.45) is 11.8 Å². The van der Waals surface area contributed by atoms with E-state index >= 15 is 0 Å². The van der Waals surface area contributed by atoms with Gasteiger partial charge in [0, 0.05) is 6.42 Å². The molecule has 0 spiro atoms. The summed E-state index contributed by atoms with van der Waals surface area (Å²) < 4.78 is 80.9. The first-order chi connectivity index (χ1) is 10.1. The summed E-state index contributed by atoms with van der Waals surface area (Å²) >= 11 is 0. The van der Waals surface area contributed by atoms with Gasteiger partial charge in [-0.15, -0.1) is 0 Å². The predicted octanol–water partition coefficient (Wildman–Crippen LogP) is 4.24. The third-order valence-electron chi connectivity index (χ3n) is 3.07. The topological polar surface area (TPSA) is 46.5 Å². The van der Waals surface area contributed by atoms with E-state index in [0.717, 1.165) is 0 Å². The van der Waals surface area contributed by atoms with Crippen molar-refractivity contribution in [1.82, 2.24) is 0 Å². The van der Waals surface area contributed by atoms with Gasteiger partial charge in [-0.25, -0.2) is 0 Å². The maximum atomic E-state index is 12.9. The number of rotatable bonds is 7. The molecule has 0 heterocycles. The van der Waals surface area contributed by atoms with Gasteiger partial charge < -0.3 is 9.84 Å². The molecule has 2 unspecified atom stereocenters. The summed E-state index contributed by atoms with van der Waals surface area (Å²) in [5.74, 6) is -1.71. The molecular formula is C14H22F6O3. The average Bonchev–Trinajstić information content (AvgIpc) is 2.22. The van der Waals surface area contributed by atoms with Gasteiger partial charge in [-0.1, -0.05) is 27.7 Å². The van der Waals surface area contributed by atoms with Crippen LogP contribution in [0.3, 0.4) is 0 Å². The summed E-state index contributed by atoms with van der Waals surface area (Å²) in [7, 11) is 0. The number of halogens is 6. The molecule has 2 atom stereocenters. The van der Waals surface area contributed by atoms with E-state index in [0.29, 0.717) is 0 Å². The van der Waals surface area contributed by atoms with E-state index in [9.17, 15) is 36.2 Å². The van der Waals surface area contributed by atoms with E-state index in [4.69, 9.17) is 4.74 Å². The summed E-state index contributed by atoms with van der Waals surface area (Å²) in [4.78, 5) is 11.5. The summed E-state index contributed by atoms with van der Waals surface area (Å²) in [5, 5.41) is 9.58. The highest BCUT2D eigenvalue weighted by Crippen LogP contribution is 2.43. The van der Waals surface area contributed by atoms with E-state index < -0.39 is 48.8 Å². The van der Waals surface area contributed by atoms with E-state index in [-0.39, 0.29) is 12.3 Å². The number of carbonyl (C=O) groups excluding carboxylic acids is 1. The van der Waals surface area contributed by atoms with Crippen molar-refractivity contribution in [1.29, 1.82) is 0 Å². The lowest BCUT2D eigenvalue weighted by molar-refractivity contribution is -0.301. The van der Waals surface area contributed by atoms with Crippen LogP contribution >= 0.6 is 0 Å². The first-order valence-corrected chi connectivity index (χ1v) is 7.13. The predicted molar refractivity (Wildman–Crippen MR) is 70.5 cm³/mol. The number of hydrogen-bond acceptors (Lipinski definition) is 3. The Morgan fingerprint density at radius 2 is 1.52 bits per heavy atom. The van der Waals surface area contributed by atoms with Gasteiger partial charge in [0.05, 0.1) is 12.3 Å². The Morgan fingerprint density at radius 3 is 1.83 bits per heavy atom. The first kappa shape index (κ1) is 22.0. The van der Waals surface area contributed by atoms with Crippen molar-refractivity contribution in [2.75, 3.05) is 0 Å². The maximum Gasteiger partial charge on any atom is 0.417 e. The summed E-state index contributed by atoms with van der Waals surface area (Å²) in [6.45, 7) is 6.13. The minimum absolute atomic E-state index is 0.0886. The Balaban J connectivity index is 5.38. The summed E-state index contributed by atoms with van der Waals surface area (Å²) in [6.07, 6.45) is -16.1. The summed E-state index contributed by atoms with van der Waals surface area (Å²) in [5.41, 5.74) is -4.00. The van der Waals surface area contributed by atoms with Gasteiger partial charge in [0.1, 0.15) is 6.10 Å². The lowest BCUT2D eigenvalue weighted by Gasteiger charge is -2.34. The van der Waals surface area contributed by atoms with Crippen LogP contribution < -0.4 is 0 Å². The van der Waals surface area contributed by atoms with Gasteiger partial charge in [-0.2, -0.15) is 26.3 Å². The van der Waals surface area contributed by atoms with Crippen LogP contribution in [0, 0.1) is 11.8 Å². The van der Waals surface area contributed by atoms with Crippen LogP contribution in [0.2, 0.25) is 0 Å². The number of carbonyl (C=O) groups is 1. The van der Waals surface area contributed by atoms with Crippen molar-refractivity contribution in [3.8, 4) is 0 Å². The molecule has 3 nitrogen and oxygen atoms in total. The van der Waals surface area contributed by atoms with Crippen molar-refractivity contribution < 1.29 is 41.0 Å². The summed E-state index contributed by atoms with van der Waals surface area (Å²) in [6, 6.07) is 0. The Hall–Kier alpha value is -0.990. The first-order valence-electron chi connectivity index (χ1n) is 7.13. The third-order valence-corrected chi connectivity index (χ3v) is 3.07. The van der Waals surface area contributed by atoms with E-state index in [2.05, 4.69) is 0 Å². The molecule has 0 bridgehead atoms. The Kier molecular flexibility index (Phi) is 7.39. The van der Waals surface area contributed by atoms with Gasteiger partial charge in [-0.05, 0) is 12.3 Å². The molecule has 1 N–H and O–H groups in total. The van der Waals surface area contributed by atoms with Crippen molar-refractivity contribution in [2.45, 2.75) is 71.0 Å². The second-order valence-electron chi connectivity index (χ2n) is 6.37. The number of hydrogen-bond donors (Lipinski definition) is 1. The molecule has 0 aliphatic heterocycles. The molecule has 0 fully saturated rings. The Morgan fingerprint density at radius 1 is 1.04 bits per heavy atom. The lowest BCUT2D eigenvalue weighted by Crippen LogP contribution is -2.51. The van der Waals surface area contributed by atoms with Crippen molar-refractivity contribution >= 4 is 5.97 Å². The average molecular weight is 352 g/mol. The molecule has 23 heavy (non-hydrogen) atoms. The normalized spacial score (nSPS) is 17.3.